The number of nitrogens with zero attached hydrogens (tertiary/aromatic N) is 1. The van der Waals surface area contributed by atoms with Gasteiger partial charge in [-0.2, -0.15) is 0 Å². The van der Waals surface area contributed by atoms with Gasteiger partial charge in [0.05, 0.1) is 11.9 Å². The molecule has 0 spiro atoms. The van der Waals surface area contributed by atoms with E-state index >= 15 is 0 Å². The molecule has 4 rings (SSSR count). The molecule has 9 heteroatoms. The van der Waals surface area contributed by atoms with Crippen molar-refractivity contribution < 1.29 is 23.1 Å². The van der Waals surface area contributed by atoms with Gasteiger partial charge in [-0.3, -0.25) is 9.52 Å². The average Bonchev–Trinajstić information content (AvgIpc) is 3.30. The number of sulfonamides is 1. The van der Waals surface area contributed by atoms with E-state index in [0.717, 1.165) is 22.9 Å². The number of benzene rings is 3. The van der Waals surface area contributed by atoms with Crippen LogP contribution in [0.1, 0.15) is 28.8 Å². The predicted molar refractivity (Wildman–Crippen MR) is 137 cm³/mol. The number of anilines is 1. The van der Waals surface area contributed by atoms with E-state index in [1.165, 1.54) is 4.90 Å². The molecule has 7 nitrogen and oxygen atoms in total. The SMILES string of the molecule is Cc1c(NS(C)(=O)=O)cccc1-c1ccc(C(=O)N2CCCC2C(=O)O)c(-c2ccccc2Cl)c1. The monoisotopic (exact) mass is 512 g/mol. The Bertz CT molecular complexity index is 1420. The van der Waals surface area contributed by atoms with E-state index in [4.69, 9.17) is 11.6 Å². The van der Waals surface area contributed by atoms with Crippen molar-refractivity contribution in [3.8, 4) is 22.3 Å². The van der Waals surface area contributed by atoms with E-state index in [0.29, 0.717) is 46.8 Å². The fraction of sp³-hybridized carbons (Fsp3) is 0.231. The first-order valence-corrected chi connectivity index (χ1v) is 13.3. The van der Waals surface area contributed by atoms with Gasteiger partial charge >= 0.3 is 5.97 Å². The Hall–Kier alpha value is -3.36. The lowest BCUT2D eigenvalue weighted by atomic mass is 9.92. The lowest BCUT2D eigenvalue weighted by Crippen LogP contribution is -2.40. The molecule has 1 atom stereocenters. The summed E-state index contributed by atoms with van der Waals surface area (Å²) in [6.45, 7) is 2.19. The van der Waals surface area contributed by atoms with Gasteiger partial charge in [0.1, 0.15) is 6.04 Å². The highest BCUT2D eigenvalue weighted by Gasteiger charge is 2.35. The molecule has 1 heterocycles. The molecule has 1 aliphatic rings. The summed E-state index contributed by atoms with van der Waals surface area (Å²) < 4.78 is 26.1. The molecular formula is C26H25ClN2O5S. The summed E-state index contributed by atoms with van der Waals surface area (Å²) in [6, 6.07) is 16.9. The maximum absolute atomic E-state index is 13.5. The second kappa shape index (κ2) is 9.71. The van der Waals surface area contributed by atoms with E-state index in [1.54, 1.807) is 36.4 Å². The van der Waals surface area contributed by atoms with E-state index < -0.39 is 22.0 Å². The van der Waals surface area contributed by atoms with Gasteiger partial charge in [-0.1, -0.05) is 48.0 Å². The third kappa shape index (κ3) is 5.18. The van der Waals surface area contributed by atoms with Gasteiger partial charge in [-0.05, 0) is 66.3 Å². The minimum Gasteiger partial charge on any atom is -0.480 e. The van der Waals surface area contributed by atoms with Gasteiger partial charge in [0.25, 0.3) is 5.91 Å². The molecule has 0 saturated carbocycles. The van der Waals surface area contributed by atoms with Crippen molar-refractivity contribution in [3.63, 3.8) is 0 Å². The van der Waals surface area contributed by atoms with Crippen LogP contribution in [0.4, 0.5) is 5.69 Å². The maximum Gasteiger partial charge on any atom is 0.326 e. The average molecular weight is 513 g/mol. The number of carboxylic acids is 1. The zero-order chi connectivity index (χ0) is 25.3. The lowest BCUT2D eigenvalue weighted by molar-refractivity contribution is -0.141. The quantitative estimate of drug-likeness (QED) is 0.481. The van der Waals surface area contributed by atoms with Crippen LogP contribution in [-0.4, -0.2) is 49.1 Å². The van der Waals surface area contributed by atoms with Crippen molar-refractivity contribution in [2.45, 2.75) is 25.8 Å². The van der Waals surface area contributed by atoms with Crippen molar-refractivity contribution in [1.29, 1.82) is 0 Å². The summed E-state index contributed by atoms with van der Waals surface area (Å²) in [7, 11) is -3.46. The van der Waals surface area contributed by atoms with Crippen molar-refractivity contribution in [3.05, 3.63) is 76.8 Å². The molecule has 1 unspecified atom stereocenters. The number of carbonyl (C=O) groups excluding carboxylic acids is 1. The van der Waals surface area contributed by atoms with Crippen LogP contribution in [-0.2, 0) is 14.8 Å². The second-order valence-corrected chi connectivity index (χ2v) is 10.7. The highest BCUT2D eigenvalue weighted by atomic mass is 35.5. The number of hydrogen-bond donors (Lipinski definition) is 2. The van der Waals surface area contributed by atoms with Gasteiger partial charge in [-0.15, -0.1) is 0 Å². The number of nitrogens with one attached hydrogen (secondary N) is 1. The number of hydrogen-bond acceptors (Lipinski definition) is 4. The standard InChI is InChI=1S/C26H25ClN2O5S/c1-16-18(8-5-10-23(16)28-35(2,33)34)17-12-13-20(21(15-17)19-7-3-4-9-22(19)27)25(30)29-14-6-11-24(29)26(31)32/h3-5,7-10,12-13,15,24,28H,6,11,14H2,1-2H3,(H,31,32). The second-order valence-electron chi connectivity index (χ2n) is 8.59. The first-order chi connectivity index (χ1) is 16.6. The van der Waals surface area contributed by atoms with Crippen LogP contribution in [0.3, 0.4) is 0 Å². The summed E-state index contributed by atoms with van der Waals surface area (Å²) in [5.74, 6) is -1.38. The molecule has 1 saturated heterocycles. The lowest BCUT2D eigenvalue weighted by Gasteiger charge is -2.23. The Labute approximate surface area is 209 Å². The van der Waals surface area contributed by atoms with E-state index in [-0.39, 0.29) is 5.91 Å². The molecule has 3 aromatic carbocycles. The summed E-state index contributed by atoms with van der Waals surface area (Å²) in [6.07, 6.45) is 2.14. The molecule has 0 aliphatic carbocycles. The van der Waals surface area contributed by atoms with E-state index in [2.05, 4.69) is 4.72 Å². The Morgan fingerprint density at radius 1 is 1.03 bits per heavy atom. The van der Waals surface area contributed by atoms with Crippen molar-refractivity contribution in [1.82, 2.24) is 4.90 Å². The summed E-state index contributed by atoms with van der Waals surface area (Å²) in [5.41, 5.74) is 4.33. The minimum atomic E-state index is -3.46. The smallest absolute Gasteiger partial charge is 0.326 e. The van der Waals surface area contributed by atoms with Crippen LogP contribution >= 0.6 is 11.6 Å². The number of rotatable bonds is 6. The first kappa shape index (κ1) is 24.8. The highest BCUT2D eigenvalue weighted by Crippen LogP contribution is 2.37. The van der Waals surface area contributed by atoms with Crippen LogP contribution in [0.5, 0.6) is 0 Å². The molecule has 182 valence electrons. The third-order valence-electron chi connectivity index (χ3n) is 6.15. The van der Waals surface area contributed by atoms with Gasteiger partial charge in [0.15, 0.2) is 0 Å². The molecule has 0 bridgehead atoms. The highest BCUT2D eigenvalue weighted by molar-refractivity contribution is 7.92. The maximum atomic E-state index is 13.5. The van der Waals surface area contributed by atoms with Crippen molar-refractivity contribution in [2.24, 2.45) is 0 Å². The topological polar surface area (TPSA) is 104 Å². The molecule has 1 aliphatic heterocycles. The molecular weight excluding hydrogens is 488 g/mol. The third-order valence-corrected chi connectivity index (χ3v) is 7.07. The van der Waals surface area contributed by atoms with Gasteiger partial charge < -0.3 is 10.0 Å². The van der Waals surface area contributed by atoms with Crippen molar-refractivity contribution >= 4 is 39.2 Å². The summed E-state index contributed by atoms with van der Waals surface area (Å²) >= 11 is 6.51. The fourth-order valence-corrected chi connectivity index (χ4v) is 5.34. The number of likely N-dealkylation sites (tertiary alicyclic amines) is 1. The Morgan fingerprint density at radius 2 is 1.74 bits per heavy atom. The molecule has 1 amide bonds. The Morgan fingerprint density at radius 3 is 2.43 bits per heavy atom. The normalized spacial score (nSPS) is 15.7. The molecule has 0 radical (unpaired) electrons. The van der Waals surface area contributed by atoms with Gasteiger partial charge in [0, 0.05) is 22.7 Å². The van der Waals surface area contributed by atoms with E-state index in [9.17, 15) is 23.1 Å². The number of halogens is 1. The van der Waals surface area contributed by atoms with Crippen LogP contribution in [0.25, 0.3) is 22.3 Å². The van der Waals surface area contributed by atoms with Crippen LogP contribution in [0.2, 0.25) is 5.02 Å². The number of carbonyl (C=O) groups is 2. The minimum absolute atomic E-state index is 0.359. The molecule has 2 N–H and O–H groups in total. The molecule has 0 aromatic heterocycles. The predicted octanol–water partition coefficient (Wildman–Crippen LogP) is 5.04. The number of amides is 1. The van der Waals surface area contributed by atoms with Crippen LogP contribution in [0, 0.1) is 6.92 Å². The molecule has 1 fully saturated rings. The number of aliphatic carboxylic acids is 1. The fourth-order valence-electron chi connectivity index (χ4n) is 4.48. The Kier molecular flexibility index (Phi) is 6.87. The largest absolute Gasteiger partial charge is 0.480 e. The summed E-state index contributed by atoms with van der Waals surface area (Å²) in [4.78, 5) is 26.6. The van der Waals surface area contributed by atoms with Crippen LogP contribution in [0.15, 0.2) is 60.7 Å². The first-order valence-electron chi connectivity index (χ1n) is 11.1. The Balaban J connectivity index is 1.86. The van der Waals surface area contributed by atoms with Crippen LogP contribution < -0.4 is 4.72 Å². The molecule has 35 heavy (non-hydrogen) atoms. The number of carboxylic acid groups (broad SMARTS) is 1. The summed E-state index contributed by atoms with van der Waals surface area (Å²) in [5, 5.41) is 10.0. The van der Waals surface area contributed by atoms with E-state index in [1.807, 2.05) is 31.2 Å². The zero-order valence-electron chi connectivity index (χ0n) is 19.3. The van der Waals surface area contributed by atoms with Gasteiger partial charge in [-0.25, -0.2) is 13.2 Å². The van der Waals surface area contributed by atoms with Crippen molar-refractivity contribution in [2.75, 3.05) is 17.5 Å². The van der Waals surface area contributed by atoms with Gasteiger partial charge in [0.2, 0.25) is 10.0 Å². The molecule has 3 aromatic rings. The zero-order valence-corrected chi connectivity index (χ0v) is 20.9.